The van der Waals surface area contributed by atoms with E-state index in [0.717, 1.165) is 6.42 Å². The third-order valence-corrected chi connectivity index (χ3v) is 10.0. The first kappa shape index (κ1) is 16.4. The number of likely N-dealkylation sites (N-methyl/N-ethyl adjacent to an activating group) is 1. The van der Waals surface area contributed by atoms with Crippen molar-refractivity contribution in [3.8, 4) is 0 Å². The van der Waals surface area contributed by atoms with Crippen molar-refractivity contribution in [3.63, 3.8) is 0 Å². The Morgan fingerprint density at radius 3 is 2.89 bits per heavy atom. The van der Waals surface area contributed by atoms with Crippen molar-refractivity contribution in [1.29, 1.82) is 0 Å². The second kappa shape index (κ2) is 4.71. The van der Waals surface area contributed by atoms with Crippen LogP contribution in [0.4, 0.5) is 5.69 Å². The molecule has 2 aliphatic carbocycles. The number of carbonyl (C=O) groups is 1. The summed E-state index contributed by atoms with van der Waals surface area (Å²) in [6.45, 7) is 8.66. The number of anilines is 1. The number of esters is 1. The van der Waals surface area contributed by atoms with E-state index in [1.165, 1.54) is 54.6 Å². The normalized spacial score (nSPS) is 50.7. The van der Waals surface area contributed by atoms with Gasteiger partial charge in [-0.15, -0.1) is 0 Å². The van der Waals surface area contributed by atoms with E-state index in [0.29, 0.717) is 12.0 Å². The standard InChI is InChI=1S/C23H31N2O2/c1-4-25-12-7-10-21-14-17(19(26)27-3)23(15(21)2)22(11-13-25,20(21)25)16-8-5-6-9-18(16)24-23/h5-6,8-9,15,17,20,24H,4,7,10-14H2,1-3H3/q+1/t15-,17-,20+,21+,22-,23-,25?/m1/s1. The number of carbonyl (C=O) groups excluding carboxylic acids is 1. The average Bonchev–Trinajstić information content (AvgIpc) is 3.34. The van der Waals surface area contributed by atoms with Crippen LogP contribution in [0.5, 0.6) is 0 Å². The highest BCUT2D eigenvalue weighted by Crippen LogP contribution is 2.81. The molecular weight excluding hydrogens is 336 g/mol. The quantitative estimate of drug-likeness (QED) is 0.644. The van der Waals surface area contributed by atoms with Crippen LogP contribution in [0, 0.1) is 17.3 Å². The minimum atomic E-state index is -0.173. The Balaban J connectivity index is 1.68. The van der Waals surface area contributed by atoms with E-state index >= 15 is 0 Å². The van der Waals surface area contributed by atoms with Gasteiger partial charge in [-0.05, 0) is 43.7 Å². The molecule has 4 nitrogen and oxygen atoms in total. The summed E-state index contributed by atoms with van der Waals surface area (Å²) in [5, 5.41) is 4.02. The zero-order valence-corrected chi connectivity index (χ0v) is 16.8. The molecule has 1 aromatic carbocycles. The molecule has 1 N–H and O–H groups in total. The number of nitrogens with one attached hydrogen (secondary N) is 1. The Morgan fingerprint density at radius 2 is 2.11 bits per heavy atom. The summed E-state index contributed by atoms with van der Waals surface area (Å²) in [5.41, 5.74) is 2.94. The van der Waals surface area contributed by atoms with Crippen molar-refractivity contribution in [1.82, 2.24) is 0 Å². The zero-order chi connectivity index (χ0) is 18.7. The van der Waals surface area contributed by atoms with Crippen molar-refractivity contribution < 1.29 is 14.0 Å². The predicted molar refractivity (Wildman–Crippen MR) is 104 cm³/mol. The molecule has 1 unspecified atom stereocenters. The maximum atomic E-state index is 13.1. The highest BCUT2D eigenvalue weighted by molar-refractivity contribution is 5.82. The number of ether oxygens (including phenoxy) is 1. The monoisotopic (exact) mass is 367 g/mol. The largest absolute Gasteiger partial charge is 0.469 e. The van der Waals surface area contributed by atoms with E-state index in [4.69, 9.17) is 4.74 Å². The van der Waals surface area contributed by atoms with Crippen molar-refractivity contribution >= 4 is 11.7 Å². The summed E-state index contributed by atoms with van der Waals surface area (Å²) in [5.74, 6) is 0.469. The number of rotatable bonds is 2. The first-order valence-electron chi connectivity index (χ1n) is 10.8. The van der Waals surface area contributed by atoms with Gasteiger partial charge in [0.05, 0.1) is 43.6 Å². The van der Waals surface area contributed by atoms with Gasteiger partial charge in [0.25, 0.3) is 0 Å². The minimum Gasteiger partial charge on any atom is -0.469 e. The topological polar surface area (TPSA) is 38.3 Å². The molecule has 0 amide bonds. The Kier molecular flexibility index (Phi) is 2.86. The molecule has 27 heavy (non-hydrogen) atoms. The third kappa shape index (κ3) is 1.38. The lowest BCUT2D eigenvalue weighted by molar-refractivity contribution is -0.952. The van der Waals surface area contributed by atoms with Crippen LogP contribution in [0.3, 0.4) is 0 Å². The molecule has 3 aliphatic heterocycles. The van der Waals surface area contributed by atoms with Gasteiger partial charge >= 0.3 is 5.97 Å². The maximum Gasteiger partial charge on any atom is 0.311 e. The van der Waals surface area contributed by atoms with Crippen LogP contribution < -0.4 is 5.32 Å². The molecule has 0 aromatic heterocycles. The summed E-state index contributed by atoms with van der Waals surface area (Å²) >= 11 is 0. The number of quaternary nitrogens is 1. The van der Waals surface area contributed by atoms with E-state index in [-0.39, 0.29) is 28.3 Å². The number of piperidine rings is 1. The number of benzene rings is 1. The van der Waals surface area contributed by atoms with Crippen LogP contribution in [0.25, 0.3) is 0 Å². The third-order valence-electron chi connectivity index (χ3n) is 10.0. The lowest BCUT2D eigenvalue weighted by atomic mass is 9.56. The first-order valence-corrected chi connectivity index (χ1v) is 10.8. The average molecular weight is 368 g/mol. The predicted octanol–water partition coefficient (Wildman–Crippen LogP) is 3.32. The number of hydrogen-bond donors (Lipinski definition) is 1. The molecule has 1 aromatic rings. The second-order valence-electron chi connectivity index (χ2n) is 9.98. The van der Waals surface area contributed by atoms with Gasteiger partial charge in [0.1, 0.15) is 6.04 Å². The van der Waals surface area contributed by atoms with Crippen LogP contribution in [-0.2, 0) is 14.9 Å². The highest BCUT2D eigenvalue weighted by atomic mass is 16.5. The lowest BCUT2D eigenvalue weighted by Gasteiger charge is -2.55. The van der Waals surface area contributed by atoms with Crippen molar-refractivity contribution in [2.24, 2.45) is 17.3 Å². The SMILES string of the molecule is CC[N+]12CCC[C@@]34C[C@H](C(=O)OC)[C@]5(Nc6ccccc6[C@]5(CC1)[C@H]32)[C@@H]4C. The van der Waals surface area contributed by atoms with Gasteiger partial charge in [-0.1, -0.05) is 25.1 Å². The number of para-hydroxylation sites is 1. The molecule has 0 radical (unpaired) electrons. The highest BCUT2D eigenvalue weighted by Gasteiger charge is 2.90. The van der Waals surface area contributed by atoms with Crippen molar-refractivity contribution in [3.05, 3.63) is 29.8 Å². The smallest absolute Gasteiger partial charge is 0.311 e. The van der Waals surface area contributed by atoms with Gasteiger partial charge in [-0.3, -0.25) is 4.79 Å². The van der Waals surface area contributed by atoms with E-state index < -0.39 is 0 Å². The summed E-state index contributed by atoms with van der Waals surface area (Å²) < 4.78 is 6.66. The van der Waals surface area contributed by atoms with Gasteiger partial charge in [0.15, 0.2) is 0 Å². The lowest BCUT2D eigenvalue weighted by Crippen LogP contribution is -2.68. The molecule has 144 valence electrons. The fraction of sp³-hybridized carbons (Fsp3) is 0.696. The molecule has 4 heteroatoms. The Bertz CT molecular complexity index is 855. The van der Waals surface area contributed by atoms with E-state index in [1.807, 2.05) is 0 Å². The van der Waals surface area contributed by atoms with Crippen molar-refractivity contribution in [2.45, 2.75) is 56.5 Å². The summed E-state index contributed by atoms with van der Waals surface area (Å²) in [7, 11) is 1.57. The Hall–Kier alpha value is -1.55. The van der Waals surface area contributed by atoms with Gasteiger partial charge in [0, 0.05) is 17.5 Å². The molecule has 6 rings (SSSR count). The molecule has 7 atom stereocenters. The van der Waals surface area contributed by atoms with Crippen LogP contribution in [0.15, 0.2) is 24.3 Å². The molecule has 2 saturated carbocycles. The fourth-order valence-corrected chi connectivity index (χ4v) is 9.47. The number of nitrogens with zero attached hydrogens (tertiary/aromatic N) is 1. The molecule has 3 spiro atoms. The fourth-order valence-electron chi connectivity index (χ4n) is 9.47. The van der Waals surface area contributed by atoms with Gasteiger partial charge < -0.3 is 14.5 Å². The van der Waals surface area contributed by atoms with Crippen molar-refractivity contribution in [2.75, 3.05) is 32.1 Å². The molecular formula is C23H31N2O2+. The Labute approximate surface area is 161 Å². The minimum absolute atomic E-state index is 0.00364. The number of fused-ring (bicyclic) bond motifs is 1. The molecule has 4 fully saturated rings. The van der Waals surface area contributed by atoms with Crippen LogP contribution in [-0.4, -0.2) is 48.8 Å². The van der Waals surface area contributed by atoms with E-state index in [2.05, 4.69) is 43.4 Å². The zero-order valence-electron chi connectivity index (χ0n) is 16.8. The molecule has 2 saturated heterocycles. The van der Waals surface area contributed by atoms with E-state index in [9.17, 15) is 4.79 Å². The van der Waals surface area contributed by atoms with Crippen LogP contribution in [0.2, 0.25) is 0 Å². The Morgan fingerprint density at radius 1 is 1.30 bits per heavy atom. The summed E-state index contributed by atoms with van der Waals surface area (Å²) in [6.07, 6.45) is 4.79. The number of methoxy groups -OCH3 is 1. The van der Waals surface area contributed by atoms with Gasteiger partial charge in [0.2, 0.25) is 0 Å². The van der Waals surface area contributed by atoms with Crippen LogP contribution >= 0.6 is 0 Å². The van der Waals surface area contributed by atoms with Gasteiger partial charge in [-0.2, -0.15) is 0 Å². The van der Waals surface area contributed by atoms with Crippen LogP contribution in [0.1, 0.15) is 45.1 Å². The van der Waals surface area contributed by atoms with Gasteiger partial charge in [-0.25, -0.2) is 0 Å². The molecule has 3 heterocycles. The summed E-state index contributed by atoms with van der Waals surface area (Å²) in [6, 6.07) is 9.58. The van der Waals surface area contributed by atoms with E-state index in [1.54, 1.807) is 7.11 Å². The maximum absolute atomic E-state index is 13.1. The summed E-state index contributed by atoms with van der Waals surface area (Å²) in [4.78, 5) is 13.1. The second-order valence-corrected chi connectivity index (χ2v) is 9.98. The number of hydrogen-bond acceptors (Lipinski definition) is 3. The molecule has 2 bridgehead atoms. The first-order chi connectivity index (χ1) is 13.0. The molecule has 5 aliphatic rings.